The highest BCUT2D eigenvalue weighted by molar-refractivity contribution is 5.60. The van der Waals surface area contributed by atoms with Crippen molar-refractivity contribution in [3.05, 3.63) is 48.0 Å². The van der Waals surface area contributed by atoms with E-state index in [4.69, 9.17) is 4.74 Å². The Morgan fingerprint density at radius 1 is 1.30 bits per heavy atom. The van der Waals surface area contributed by atoms with Crippen LogP contribution in [-0.4, -0.2) is 29.9 Å². The molecule has 1 aromatic heterocycles. The maximum Gasteiger partial charge on any atom is 0.119 e. The summed E-state index contributed by atoms with van der Waals surface area (Å²) in [4.78, 5) is 11.7. The number of H-pyrrole nitrogens is 1. The first kappa shape index (κ1) is 14.1. The van der Waals surface area contributed by atoms with Gasteiger partial charge in [0.15, 0.2) is 0 Å². The van der Waals surface area contributed by atoms with E-state index in [1.54, 1.807) is 12.5 Å². The minimum Gasteiger partial charge on any atom is -0.494 e. The van der Waals surface area contributed by atoms with Crippen LogP contribution in [0, 0.1) is 0 Å². The van der Waals surface area contributed by atoms with E-state index in [2.05, 4.69) is 20.0 Å². The maximum absolute atomic E-state index is 5.69. The molecule has 0 unspecified atom stereocenters. The van der Waals surface area contributed by atoms with E-state index in [0.717, 1.165) is 30.7 Å². The lowest BCUT2D eigenvalue weighted by Gasteiger charge is -2.06. The van der Waals surface area contributed by atoms with Gasteiger partial charge >= 0.3 is 0 Å². The average Bonchev–Trinajstić information content (AvgIpc) is 2.99. The number of aryl methyl sites for hydroxylation is 1. The van der Waals surface area contributed by atoms with E-state index in [9.17, 15) is 0 Å². The first-order chi connectivity index (χ1) is 9.88. The molecule has 106 valence electrons. The lowest BCUT2D eigenvalue weighted by molar-refractivity contribution is 0.215. The third-order valence-corrected chi connectivity index (χ3v) is 2.83. The smallest absolute Gasteiger partial charge is 0.119 e. The van der Waals surface area contributed by atoms with Gasteiger partial charge in [-0.3, -0.25) is 0 Å². The van der Waals surface area contributed by atoms with Crippen LogP contribution in [0.25, 0.3) is 0 Å². The van der Waals surface area contributed by atoms with Crippen molar-refractivity contribution < 1.29 is 9.57 Å². The van der Waals surface area contributed by atoms with Gasteiger partial charge in [0.1, 0.15) is 12.9 Å². The highest BCUT2D eigenvalue weighted by atomic mass is 16.6. The van der Waals surface area contributed by atoms with Gasteiger partial charge < -0.3 is 14.6 Å². The molecule has 2 aromatic rings. The Balaban J connectivity index is 1.69. The van der Waals surface area contributed by atoms with Crippen molar-refractivity contribution in [1.82, 2.24) is 9.97 Å². The van der Waals surface area contributed by atoms with E-state index >= 15 is 0 Å². The van der Waals surface area contributed by atoms with E-state index < -0.39 is 0 Å². The van der Waals surface area contributed by atoms with Crippen LogP contribution in [-0.2, 0) is 17.7 Å². The maximum atomic E-state index is 5.69. The Bertz CT molecular complexity index is 506. The zero-order valence-electron chi connectivity index (χ0n) is 11.6. The molecule has 1 aromatic carbocycles. The molecule has 5 nitrogen and oxygen atoms in total. The van der Waals surface area contributed by atoms with Crippen molar-refractivity contribution in [3.63, 3.8) is 0 Å². The van der Waals surface area contributed by atoms with Gasteiger partial charge in [0.25, 0.3) is 0 Å². The van der Waals surface area contributed by atoms with E-state index in [1.807, 2.05) is 30.5 Å². The summed E-state index contributed by atoms with van der Waals surface area (Å²) >= 11 is 0. The Morgan fingerprint density at radius 3 is 2.85 bits per heavy atom. The highest BCUT2D eigenvalue weighted by Crippen LogP contribution is 2.12. The molecule has 5 heteroatoms. The average molecular weight is 273 g/mol. The van der Waals surface area contributed by atoms with Gasteiger partial charge in [-0.1, -0.05) is 17.3 Å². The number of benzene rings is 1. The van der Waals surface area contributed by atoms with Crippen LogP contribution in [0.4, 0.5) is 0 Å². The summed E-state index contributed by atoms with van der Waals surface area (Å²) in [6.07, 6.45) is 7.98. The van der Waals surface area contributed by atoms with E-state index in [0.29, 0.717) is 6.61 Å². The third-order valence-electron chi connectivity index (χ3n) is 2.83. The fourth-order valence-corrected chi connectivity index (χ4v) is 1.81. The minimum atomic E-state index is 0.692. The van der Waals surface area contributed by atoms with Crippen LogP contribution in [0.15, 0.2) is 41.9 Å². The first-order valence-electron chi connectivity index (χ1n) is 6.63. The molecular weight excluding hydrogens is 254 g/mol. The largest absolute Gasteiger partial charge is 0.494 e. The summed E-state index contributed by atoms with van der Waals surface area (Å²) in [5.74, 6) is 0.888. The van der Waals surface area contributed by atoms with Crippen LogP contribution < -0.4 is 4.74 Å². The summed E-state index contributed by atoms with van der Waals surface area (Å²) in [5, 5.41) is 3.71. The summed E-state index contributed by atoms with van der Waals surface area (Å²) in [6.45, 7) is 0.692. The molecule has 1 heterocycles. The second-order valence-electron chi connectivity index (χ2n) is 4.33. The fraction of sp³-hybridized carbons (Fsp3) is 0.333. The van der Waals surface area contributed by atoms with Crippen LogP contribution in [0.1, 0.15) is 17.7 Å². The Hall–Kier alpha value is -2.30. The molecule has 0 aliphatic heterocycles. The molecular formula is C15H19N3O2. The van der Waals surface area contributed by atoms with Gasteiger partial charge in [-0.05, 0) is 30.5 Å². The van der Waals surface area contributed by atoms with Crippen molar-refractivity contribution in [2.24, 2.45) is 5.16 Å². The zero-order valence-corrected chi connectivity index (χ0v) is 11.6. The SMILES string of the molecule is CON=CCc1ccc(OCCCc2c[nH]cn2)cc1. The topological polar surface area (TPSA) is 59.5 Å². The van der Waals surface area contributed by atoms with Crippen LogP contribution in [0.5, 0.6) is 5.75 Å². The molecule has 2 rings (SSSR count). The Labute approximate surface area is 118 Å². The molecule has 0 aliphatic rings. The number of ether oxygens (including phenoxy) is 1. The fourth-order valence-electron chi connectivity index (χ4n) is 1.81. The van der Waals surface area contributed by atoms with Crippen molar-refractivity contribution in [2.75, 3.05) is 13.7 Å². The van der Waals surface area contributed by atoms with Gasteiger partial charge in [-0.2, -0.15) is 0 Å². The van der Waals surface area contributed by atoms with Crippen LogP contribution in [0.2, 0.25) is 0 Å². The van der Waals surface area contributed by atoms with Gasteiger partial charge in [-0.15, -0.1) is 0 Å². The molecule has 20 heavy (non-hydrogen) atoms. The van der Waals surface area contributed by atoms with Crippen molar-refractivity contribution in [2.45, 2.75) is 19.3 Å². The van der Waals surface area contributed by atoms with Gasteiger partial charge in [0.2, 0.25) is 0 Å². The van der Waals surface area contributed by atoms with Crippen LogP contribution >= 0.6 is 0 Å². The summed E-state index contributed by atoms with van der Waals surface area (Å²) in [7, 11) is 1.54. The van der Waals surface area contributed by atoms with E-state index in [-0.39, 0.29) is 0 Å². The molecule has 0 saturated carbocycles. The number of nitrogens with zero attached hydrogens (tertiary/aromatic N) is 2. The molecule has 0 aliphatic carbocycles. The molecule has 0 atom stereocenters. The zero-order chi connectivity index (χ0) is 14.0. The van der Waals surface area contributed by atoms with Crippen molar-refractivity contribution >= 4 is 6.21 Å². The normalized spacial score (nSPS) is 10.8. The molecule has 0 amide bonds. The summed E-state index contributed by atoms with van der Waals surface area (Å²) < 4.78 is 5.69. The number of imidazole rings is 1. The molecule has 0 fully saturated rings. The first-order valence-corrected chi connectivity index (χ1v) is 6.63. The number of rotatable bonds is 8. The van der Waals surface area contributed by atoms with Gasteiger partial charge in [0.05, 0.1) is 18.6 Å². The monoisotopic (exact) mass is 273 g/mol. The third kappa shape index (κ3) is 4.76. The molecule has 1 N–H and O–H groups in total. The molecule has 0 bridgehead atoms. The highest BCUT2D eigenvalue weighted by Gasteiger charge is 1.97. The number of oxime groups is 1. The lowest BCUT2D eigenvalue weighted by atomic mass is 10.1. The summed E-state index contributed by atoms with van der Waals surface area (Å²) in [6, 6.07) is 8.02. The minimum absolute atomic E-state index is 0.692. The lowest BCUT2D eigenvalue weighted by Crippen LogP contribution is -1.99. The predicted molar refractivity (Wildman–Crippen MR) is 78.1 cm³/mol. The standard InChI is InChI=1S/C15H19N3O2/c1-19-18-9-8-13-4-6-15(7-5-13)20-10-2-3-14-11-16-12-17-14/h4-7,9,11-12H,2-3,8,10H2,1H3,(H,16,17). The number of hydrogen-bond acceptors (Lipinski definition) is 4. The van der Waals surface area contributed by atoms with E-state index in [1.165, 1.54) is 12.7 Å². The van der Waals surface area contributed by atoms with Crippen LogP contribution in [0.3, 0.4) is 0 Å². The van der Waals surface area contributed by atoms with Crippen molar-refractivity contribution in [1.29, 1.82) is 0 Å². The Kier molecular flexibility index (Phi) is 5.64. The molecule has 0 saturated heterocycles. The van der Waals surface area contributed by atoms with Gasteiger partial charge in [0, 0.05) is 18.8 Å². The quantitative estimate of drug-likeness (QED) is 0.457. The summed E-state index contributed by atoms with van der Waals surface area (Å²) in [5.41, 5.74) is 2.25. The second kappa shape index (κ2) is 7.99. The second-order valence-corrected chi connectivity index (χ2v) is 4.33. The number of nitrogens with one attached hydrogen (secondary N) is 1. The Morgan fingerprint density at radius 2 is 2.15 bits per heavy atom. The van der Waals surface area contributed by atoms with Gasteiger partial charge in [-0.25, -0.2) is 4.98 Å². The van der Waals surface area contributed by atoms with Crippen molar-refractivity contribution in [3.8, 4) is 5.75 Å². The number of hydrogen-bond donors (Lipinski definition) is 1. The number of aromatic amines is 1. The molecule has 0 spiro atoms. The number of aromatic nitrogens is 2. The molecule has 0 radical (unpaired) electrons. The predicted octanol–water partition coefficient (Wildman–Crippen LogP) is 2.60.